The predicted molar refractivity (Wildman–Crippen MR) is 49.6 cm³/mol. The van der Waals surface area contributed by atoms with Gasteiger partial charge in [-0.1, -0.05) is 11.6 Å². The average Bonchev–Trinajstić information content (AvgIpc) is 2.67. The number of rotatable bonds is 3. The molecule has 2 N–H and O–H groups in total. The van der Waals surface area contributed by atoms with Gasteiger partial charge in [-0.25, -0.2) is 0 Å². The Labute approximate surface area is 82.5 Å². The molecule has 2 rings (SSSR count). The lowest BCUT2D eigenvalue weighted by molar-refractivity contribution is 0.262. The van der Waals surface area contributed by atoms with E-state index in [1.165, 1.54) is 12.8 Å². The number of hydrogen-bond acceptors (Lipinski definition) is 5. The van der Waals surface area contributed by atoms with Gasteiger partial charge >= 0.3 is 0 Å². The molecule has 0 radical (unpaired) electrons. The molecule has 0 amide bonds. The topological polar surface area (TPSA) is 71.2 Å². The first kappa shape index (κ1) is 9.61. The smallest absolute Gasteiger partial charge is 0.228 e. The molecule has 1 aromatic heterocycles. The second-order valence-electron chi connectivity index (χ2n) is 3.61. The predicted octanol–water partition coefficient (Wildman–Crippen LogP) is 0.246. The summed E-state index contributed by atoms with van der Waals surface area (Å²) in [6, 6.07) is 0.454. The Bertz CT molecular complexity index is 281. The third kappa shape index (κ3) is 2.30. The van der Waals surface area contributed by atoms with Gasteiger partial charge in [-0.05, 0) is 19.4 Å². The lowest BCUT2D eigenvalue weighted by Crippen LogP contribution is -2.35. The highest BCUT2D eigenvalue weighted by molar-refractivity contribution is 4.89. The fourth-order valence-corrected chi connectivity index (χ4v) is 1.75. The molecule has 2 heterocycles. The first-order valence-electron chi connectivity index (χ1n) is 5.04. The fourth-order valence-electron chi connectivity index (χ4n) is 1.75. The summed E-state index contributed by atoms with van der Waals surface area (Å²) in [6.07, 6.45) is 4.45. The number of aliphatic hydroxyl groups excluding tert-OH is 1. The molecule has 0 saturated carbocycles. The van der Waals surface area contributed by atoms with Crippen LogP contribution in [0.2, 0.25) is 0 Å². The maximum Gasteiger partial charge on any atom is 0.228 e. The van der Waals surface area contributed by atoms with Gasteiger partial charge in [0, 0.05) is 12.5 Å². The standard InChI is InChI=1S/C9H15N3O2/c13-6-8-11-9(14-12-8)5-7-3-1-2-4-10-7/h7,10,13H,1-6H2. The lowest BCUT2D eigenvalue weighted by atomic mass is 10.0. The van der Waals surface area contributed by atoms with E-state index in [-0.39, 0.29) is 6.61 Å². The first-order chi connectivity index (χ1) is 6.88. The van der Waals surface area contributed by atoms with Gasteiger partial charge in [0.1, 0.15) is 6.61 Å². The second-order valence-corrected chi connectivity index (χ2v) is 3.61. The van der Waals surface area contributed by atoms with Crippen LogP contribution in [0, 0.1) is 0 Å². The van der Waals surface area contributed by atoms with E-state index < -0.39 is 0 Å². The summed E-state index contributed by atoms with van der Waals surface area (Å²) in [5.41, 5.74) is 0. The van der Waals surface area contributed by atoms with Crippen LogP contribution in [-0.4, -0.2) is 27.8 Å². The summed E-state index contributed by atoms with van der Waals surface area (Å²) >= 11 is 0. The van der Waals surface area contributed by atoms with Crippen molar-refractivity contribution in [2.75, 3.05) is 6.54 Å². The Hall–Kier alpha value is -0.940. The Balaban J connectivity index is 1.89. The van der Waals surface area contributed by atoms with Gasteiger partial charge in [-0.2, -0.15) is 4.98 Å². The van der Waals surface area contributed by atoms with Crippen molar-refractivity contribution in [3.63, 3.8) is 0 Å². The number of aliphatic hydroxyl groups is 1. The molecular weight excluding hydrogens is 182 g/mol. The molecule has 1 unspecified atom stereocenters. The average molecular weight is 197 g/mol. The van der Waals surface area contributed by atoms with Gasteiger partial charge < -0.3 is 14.9 Å². The molecule has 1 fully saturated rings. The van der Waals surface area contributed by atoms with Gasteiger partial charge in [0.05, 0.1) is 0 Å². The molecule has 0 aromatic carbocycles. The third-order valence-electron chi connectivity index (χ3n) is 2.48. The summed E-state index contributed by atoms with van der Waals surface area (Å²) in [6.45, 7) is 0.924. The Morgan fingerprint density at radius 1 is 1.50 bits per heavy atom. The zero-order valence-electron chi connectivity index (χ0n) is 8.07. The quantitative estimate of drug-likeness (QED) is 0.726. The van der Waals surface area contributed by atoms with Gasteiger partial charge in [0.2, 0.25) is 5.89 Å². The first-order valence-corrected chi connectivity index (χ1v) is 5.04. The van der Waals surface area contributed by atoms with E-state index in [1.807, 2.05) is 0 Å². The highest BCUT2D eigenvalue weighted by Gasteiger charge is 2.16. The minimum absolute atomic E-state index is 0.151. The largest absolute Gasteiger partial charge is 0.388 e. The molecule has 14 heavy (non-hydrogen) atoms. The summed E-state index contributed by atoms with van der Waals surface area (Å²) in [4.78, 5) is 4.06. The zero-order valence-corrected chi connectivity index (χ0v) is 8.07. The van der Waals surface area contributed by atoms with E-state index in [1.54, 1.807) is 0 Å². The van der Waals surface area contributed by atoms with Crippen molar-refractivity contribution in [1.82, 2.24) is 15.5 Å². The van der Waals surface area contributed by atoms with Crippen molar-refractivity contribution in [2.24, 2.45) is 0 Å². The molecule has 78 valence electrons. The molecular formula is C9H15N3O2. The van der Waals surface area contributed by atoms with Gasteiger partial charge in [-0.15, -0.1) is 0 Å². The molecule has 1 saturated heterocycles. The van der Waals surface area contributed by atoms with Crippen molar-refractivity contribution in [2.45, 2.75) is 38.3 Å². The molecule has 1 atom stereocenters. The minimum Gasteiger partial charge on any atom is -0.388 e. The maximum atomic E-state index is 8.76. The summed E-state index contributed by atoms with van der Waals surface area (Å²) in [7, 11) is 0. The van der Waals surface area contributed by atoms with Crippen LogP contribution in [0.25, 0.3) is 0 Å². The minimum atomic E-state index is -0.151. The second kappa shape index (κ2) is 4.52. The third-order valence-corrected chi connectivity index (χ3v) is 2.48. The highest BCUT2D eigenvalue weighted by Crippen LogP contribution is 2.11. The van der Waals surface area contributed by atoms with Crippen LogP contribution in [0.5, 0.6) is 0 Å². The molecule has 5 heteroatoms. The van der Waals surface area contributed by atoms with E-state index in [0.29, 0.717) is 17.8 Å². The van der Waals surface area contributed by atoms with Gasteiger partial charge in [0.25, 0.3) is 0 Å². The maximum absolute atomic E-state index is 8.76. The number of nitrogens with zero attached hydrogens (tertiary/aromatic N) is 2. The van der Waals surface area contributed by atoms with Crippen LogP contribution in [-0.2, 0) is 13.0 Å². The van der Waals surface area contributed by atoms with E-state index >= 15 is 0 Å². The Morgan fingerprint density at radius 2 is 2.43 bits per heavy atom. The number of aromatic nitrogens is 2. The van der Waals surface area contributed by atoms with E-state index in [0.717, 1.165) is 19.4 Å². The SMILES string of the molecule is OCc1noc(CC2CCCCN2)n1. The van der Waals surface area contributed by atoms with Crippen molar-refractivity contribution < 1.29 is 9.63 Å². The molecule has 0 aliphatic carbocycles. The van der Waals surface area contributed by atoms with Crippen LogP contribution in [0.15, 0.2) is 4.52 Å². The van der Waals surface area contributed by atoms with Crippen LogP contribution in [0.1, 0.15) is 31.0 Å². The van der Waals surface area contributed by atoms with Gasteiger partial charge in [0.15, 0.2) is 5.82 Å². The molecule has 0 spiro atoms. The van der Waals surface area contributed by atoms with Crippen LogP contribution in [0.3, 0.4) is 0 Å². The zero-order chi connectivity index (χ0) is 9.80. The summed E-state index contributed by atoms with van der Waals surface area (Å²) in [5.74, 6) is 0.990. The van der Waals surface area contributed by atoms with Crippen LogP contribution in [0.4, 0.5) is 0 Å². The molecule has 1 aromatic rings. The van der Waals surface area contributed by atoms with E-state index in [4.69, 9.17) is 9.63 Å². The molecule has 1 aliphatic heterocycles. The van der Waals surface area contributed by atoms with Crippen molar-refractivity contribution in [3.8, 4) is 0 Å². The van der Waals surface area contributed by atoms with Gasteiger partial charge in [-0.3, -0.25) is 0 Å². The Kier molecular flexibility index (Phi) is 3.10. The number of piperidine rings is 1. The molecule has 5 nitrogen and oxygen atoms in total. The monoisotopic (exact) mass is 197 g/mol. The fraction of sp³-hybridized carbons (Fsp3) is 0.778. The van der Waals surface area contributed by atoms with Crippen LogP contribution < -0.4 is 5.32 Å². The van der Waals surface area contributed by atoms with Crippen LogP contribution >= 0.6 is 0 Å². The van der Waals surface area contributed by atoms with Crippen molar-refractivity contribution in [3.05, 3.63) is 11.7 Å². The molecule has 1 aliphatic rings. The van der Waals surface area contributed by atoms with Crippen molar-refractivity contribution >= 4 is 0 Å². The van der Waals surface area contributed by atoms with Crippen molar-refractivity contribution in [1.29, 1.82) is 0 Å². The molecule has 0 bridgehead atoms. The lowest BCUT2D eigenvalue weighted by Gasteiger charge is -2.21. The van der Waals surface area contributed by atoms with E-state index in [2.05, 4.69) is 15.5 Å². The number of nitrogens with one attached hydrogen (secondary N) is 1. The summed E-state index contributed by atoms with van der Waals surface area (Å²) in [5, 5.41) is 15.8. The number of hydrogen-bond donors (Lipinski definition) is 2. The highest BCUT2D eigenvalue weighted by atomic mass is 16.5. The normalized spacial score (nSPS) is 22.5. The summed E-state index contributed by atoms with van der Waals surface area (Å²) < 4.78 is 5.00. The Morgan fingerprint density at radius 3 is 3.07 bits per heavy atom. The van der Waals surface area contributed by atoms with E-state index in [9.17, 15) is 0 Å².